The van der Waals surface area contributed by atoms with E-state index < -0.39 is 0 Å². The van der Waals surface area contributed by atoms with Crippen LogP contribution in [0.15, 0.2) is 0 Å². The van der Waals surface area contributed by atoms with Crippen molar-refractivity contribution in [3.05, 3.63) is 0 Å². The fraction of sp³-hybridized carbons (Fsp3) is 1.00. The van der Waals surface area contributed by atoms with E-state index in [0.29, 0.717) is 0 Å². The van der Waals surface area contributed by atoms with Gasteiger partial charge in [-0.2, -0.15) is 0 Å². The summed E-state index contributed by atoms with van der Waals surface area (Å²) in [5.41, 5.74) is 0.734. The third-order valence-electron chi connectivity index (χ3n) is 6.71. The van der Waals surface area contributed by atoms with Gasteiger partial charge in [0.15, 0.2) is 0 Å². The Hall–Kier alpha value is -0.0400. The number of rotatable bonds is 3. The van der Waals surface area contributed by atoms with E-state index in [4.69, 9.17) is 0 Å². The highest BCUT2D eigenvalue weighted by Crippen LogP contribution is 2.54. The molecule has 0 aromatic carbocycles. The van der Waals surface area contributed by atoms with Gasteiger partial charge in [-0.3, -0.25) is 0 Å². The maximum Gasteiger partial charge on any atom is -0.00125 e. The van der Waals surface area contributed by atoms with Crippen molar-refractivity contribution < 1.29 is 0 Å². The molecule has 3 unspecified atom stereocenters. The van der Waals surface area contributed by atoms with Gasteiger partial charge >= 0.3 is 0 Å². The van der Waals surface area contributed by atoms with Gasteiger partial charge in [-0.25, -0.2) is 0 Å². The summed E-state index contributed by atoms with van der Waals surface area (Å²) in [6, 6.07) is 0. The molecule has 116 valence electrons. The van der Waals surface area contributed by atoms with Crippen LogP contribution in [-0.4, -0.2) is 13.1 Å². The lowest BCUT2D eigenvalue weighted by Crippen LogP contribution is -2.50. The van der Waals surface area contributed by atoms with E-state index >= 15 is 0 Å². The molecule has 0 aromatic rings. The van der Waals surface area contributed by atoms with Crippen molar-refractivity contribution in [3.63, 3.8) is 0 Å². The Kier molecular flexibility index (Phi) is 4.75. The molecular formula is C19H35N. The number of nitrogens with one attached hydrogen (secondary N) is 1. The molecule has 2 saturated carbocycles. The molecule has 3 rings (SSSR count). The van der Waals surface area contributed by atoms with Crippen LogP contribution in [0.3, 0.4) is 0 Å². The molecule has 1 spiro atoms. The molecule has 0 radical (unpaired) electrons. The zero-order chi connectivity index (χ0) is 14.0. The summed E-state index contributed by atoms with van der Waals surface area (Å²) in [7, 11) is 0. The molecule has 1 N–H and O–H groups in total. The number of piperidine rings is 1. The van der Waals surface area contributed by atoms with Crippen LogP contribution in [0.1, 0.15) is 78.1 Å². The Balaban J connectivity index is 1.72. The fourth-order valence-electron chi connectivity index (χ4n) is 5.98. The summed E-state index contributed by atoms with van der Waals surface area (Å²) in [5.74, 6) is 3.99. The van der Waals surface area contributed by atoms with Gasteiger partial charge < -0.3 is 5.32 Å². The van der Waals surface area contributed by atoms with Crippen LogP contribution in [0.5, 0.6) is 0 Å². The van der Waals surface area contributed by atoms with Crippen molar-refractivity contribution >= 4 is 0 Å². The molecule has 2 aliphatic carbocycles. The fourth-order valence-corrected chi connectivity index (χ4v) is 5.98. The average molecular weight is 277 g/mol. The van der Waals surface area contributed by atoms with Crippen molar-refractivity contribution in [2.45, 2.75) is 78.1 Å². The van der Waals surface area contributed by atoms with Crippen LogP contribution in [-0.2, 0) is 0 Å². The zero-order valence-electron chi connectivity index (χ0n) is 13.8. The maximum absolute atomic E-state index is 3.74. The van der Waals surface area contributed by atoms with Crippen LogP contribution in [0.2, 0.25) is 0 Å². The quantitative estimate of drug-likeness (QED) is 0.764. The molecule has 0 amide bonds. The first-order chi connectivity index (χ1) is 9.70. The minimum absolute atomic E-state index is 0.734. The second kappa shape index (κ2) is 6.38. The molecule has 0 bridgehead atoms. The molecular weight excluding hydrogens is 242 g/mol. The van der Waals surface area contributed by atoms with Crippen LogP contribution in [0.4, 0.5) is 0 Å². The molecule has 3 fully saturated rings. The van der Waals surface area contributed by atoms with E-state index in [1.165, 1.54) is 64.5 Å². The topological polar surface area (TPSA) is 12.0 Å². The molecule has 1 aliphatic heterocycles. The molecule has 3 aliphatic rings. The Morgan fingerprint density at radius 2 is 1.85 bits per heavy atom. The standard InChI is InChI=1S/C19H35N/c1-15(2)12-16-6-5-9-19(13-16)10-11-20-14-18(19)17-7-3-4-8-17/h15-18,20H,3-14H2,1-2H3. The predicted molar refractivity (Wildman–Crippen MR) is 86.8 cm³/mol. The predicted octanol–water partition coefficient (Wildman–Crippen LogP) is 5.01. The van der Waals surface area contributed by atoms with Gasteiger partial charge in [0.25, 0.3) is 0 Å². The smallest absolute Gasteiger partial charge is 0.00125 e. The Morgan fingerprint density at radius 3 is 2.60 bits per heavy atom. The summed E-state index contributed by atoms with van der Waals surface area (Å²) >= 11 is 0. The van der Waals surface area contributed by atoms with Crippen molar-refractivity contribution in [3.8, 4) is 0 Å². The summed E-state index contributed by atoms with van der Waals surface area (Å²) in [5, 5.41) is 3.74. The van der Waals surface area contributed by atoms with E-state index in [9.17, 15) is 0 Å². The lowest BCUT2D eigenvalue weighted by Gasteiger charge is -2.52. The first-order valence-electron chi connectivity index (χ1n) is 9.40. The Morgan fingerprint density at radius 1 is 1.05 bits per heavy atom. The summed E-state index contributed by atoms with van der Waals surface area (Å²) in [4.78, 5) is 0. The summed E-state index contributed by atoms with van der Waals surface area (Å²) < 4.78 is 0. The Labute approximate surface area is 126 Å². The van der Waals surface area contributed by atoms with Gasteiger partial charge in [-0.15, -0.1) is 0 Å². The zero-order valence-corrected chi connectivity index (χ0v) is 13.8. The first kappa shape index (κ1) is 14.9. The van der Waals surface area contributed by atoms with Crippen molar-refractivity contribution in [1.29, 1.82) is 0 Å². The summed E-state index contributed by atoms with van der Waals surface area (Å²) in [6.45, 7) is 7.45. The van der Waals surface area contributed by atoms with Crippen LogP contribution < -0.4 is 5.32 Å². The maximum atomic E-state index is 3.74. The molecule has 1 nitrogen and oxygen atoms in total. The lowest BCUT2D eigenvalue weighted by atomic mass is 9.56. The van der Waals surface area contributed by atoms with Gasteiger partial charge in [-0.1, -0.05) is 52.4 Å². The highest BCUT2D eigenvalue weighted by atomic mass is 14.9. The first-order valence-corrected chi connectivity index (χ1v) is 9.40. The van der Waals surface area contributed by atoms with E-state index in [1.807, 2.05) is 0 Å². The minimum atomic E-state index is 0.734. The average Bonchev–Trinajstić information content (AvgIpc) is 2.92. The lowest BCUT2D eigenvalue weighted by molar-refractivity contribution is -0.00208. The highest BCUT2D eigenvalue weighted by molar-refractivity contribution is 4.98. The molecule has 20 heavy (non-hydrogen) atoms. The molecule has 0 aromatic heterocycles. The van der Waals surface area contributed by atoms with E-state index in [2.05, 4.69) is 19.2 Å². The third-order valence-corrected chi connectivity index (χ3v) is 6.71. The third kappa shape index (κ3) is 3.08. The minimum Gasteiger partial charge on any atom is -0.316 e. The molecule has 1 heterocycles. The van der Waals surface area contributed by atoms with Crippen molar-refractivity contribution in [2.75, 3.05) is 13.1 Å². The van der Waals surface area contributed by atoms with Gasteiger partial charge in [0.05, 0.1) is 0 Å². The monoisotopic (exact) mass is 277 g/mol. The Bertz CT molecular complexity index is 301. The van der Waals surface area contributed by atoms with Gasteiger partial charge in [0.2, 0.25) is 0 Å². The van der Waals surface area contributed by atoms with E-state index in [-0.39, 0.29) is 0 Å². The van der Waals surface area contributed by atoms with Gasteiger partial charge in [0, 0.05) is 0 Å². The van der Waals surface area contributed by atoms with Crippen molar-refractivity contribution in [1.82, 2.24) is 5.32 Å². The van der Waals surface area contributed by atoms with E-state index in [1.54, 1.807) is 12.8 Å². The van der Waals surface area contributed by atoms with E-state index in [0.717, 1.165) is 29.1 Å². The van der Waals surface area contributed by atoms with Crippen molar-refractivity contribution in [2.24, 2.45) is 29.1 Å². The van der Waals surface area contributed by atoms with Crippen LogP contribution in [0, 0.1) is 29.1 Å². The summed E-state index contributed by atoms with van der Waals surface area (Å²) in [6.07, 6.45) is 15.2. The van der Waals surface area contributed by atoms with Crippen LogP contribution in [0.25, 0.3) is 0 Å². The second-order valence-electron chi connectivity index (χ2n) is 8.56. The molecule has 3 atom stereocenters. The van der Waals surface area contributed by atoms with Gasteiger partial charge in [0.1, 0.15) is 0 Å². The van der Waals surface area contributed by atoms with Crippen LogP contribution >= 0.6 is 0 Å². The normalized spacial score (nSPS) is 39.8. The number of hydrogen-bond donors (Lipinski definition) is 1. The largest absolute Gasteiger partial charge is 0.316 e. The van der Waals surface area contributed by atoms with Gasteiger partial charge in [-0.05, 0) is 67.9 Å². The second-order valence-corrected chi connectivity index (χ2v) is 8.56. The molecule has 1 saturated heterocycles. The molecule has 1 heteroatoms. The number of hydrogen-bond acceptors (Lipinski definition) is 1. The highest BCUT2D eigenvalue weighted by Gasteiger charge is 2.47. The SMILES string of the molecule is CC(C)CC1CCCC2(CCNCC2C2CCCC2)C1.